The van der Waals surface area contributed by atoms with Gasteiger partial charge in [0.25, 0.3) is 0 Å². The summed E-state index contributed by atoms with van der Waals surface area (Å²) in [6, 6.07) is 0. The highest BCUT2D eigenvalue weighted by Crippen LogP contribution is 2.19. The molecule has 0 aromatic heterocycles. The van der Waals surface area contributed by atoms with Crippen molar-refractivity contribution in [2.75, 3.05) is 6.61 Å². The molecule has 186 valence electrons. The van der Waals surface area contributed by atoms with Gasteiger partial charge in [-0.25, -0.2) is 0 Å². The molecular formula is C29H58O2. The van der Waals surface area contributed by atoms with Crippen LogP contribution in [0.1, 0.15) is 163 Å². The van der Waals surface area contributed by atoms with E-state index >= 15 is 0 Å². The molecule has 0 spiro atoms. The summed E-state index contributed by atoms with van der Waals surface area (Å²) < 4.78 is 5.51. The van der Waals surface area contributed by atoms with Crippen LogP contribution < -0.4 is 0 Å². The normalized spacial score (nSPS) is 13.3. The number of unbranched alkanes of at least 4 members (excludes halogenated alkanes) is 15. The molecule has 0 amide bonds. The van der Waals surface area contributed by atoms with Crippen molar-refractivity contribution in [2.45, 2.75) is 163 Å². The van der Waals surface area contributed by atoms with Crippen molar-refractivity contribution in [3.8, 4) is 0 Å². The van der Waals surface area contributed by atoms with Crippen molar-refractivity contribution < 1.29 is 9.53 Å². The van der Waals surface area contributed by atoms with Crippen molar-refractivity contribution >= 4 is 5.97 Å². The zero-order valence-electron chi connectivity index (χ0n) is 22.0. The van der Waals surface area contributed by atoms with Gasteiger partial charge in [-0.2, -0.15) is 0 Å². The van der Waals surface area contributed by atoms with Crippen LogP contribution >= 0.6 is 0 Å². The molecule has 0 bridgehead atoms. The first kappa shape index (κ1) is 30.5. The Hall–Kier alpha value is -0.530. The van der Waals surface area contributed by atoms with Crippen LogP contribution in [-0.4, -0.2) is 12.6 Å². The smallest absolute Gasteiger partial charge is 0.308 e. The van der Waals surface area contributed by atoms with Crippen molar-refractivity contribution in [3.63, 3.8) is 0 Å². The van der Waals surface area contributed by atoms with E-state index < -0.39 is 0 Å². The number of esters is 1. The number of hydrogen-bond acceptors (Lipinski definition) is 2. The summed E-state index contributed by atoms with van der Waals surface area (Å²) in [6.45, 7) is 9.56. The fourth-order valence-corrected chi connectivity index (χ4v) is 4.39. The predicted molar refractivity (Wildman–Crippen MR) is 138 cm³/mol. The highest BCUT2D eigenvalue weighted by molar-refractivity contribution is 5.71. The average molecular weight is 439 g/mol. The third kappa shape index (κ3) is 22.5. The van der Waals surface area contributed by atoms with Crippen molar-refractivity contribution in [2.24, 2.45) is 11.8 Å². The molecule has 0 fully saturated rings. The molecule has 0 aliphatic rings. The SMILES string of the molecule is CCCCCCCCCCCCCCCCOC(=O)C(C)CCCC(C)CCCCC. The van der Waals surface area contributed by atoms with Crippen LogP contribution in [0.5, 0.6) is 0 Å². The number of hydrogen-bond donors (Lipinski definition) is 0. The largest absolute Gasteiger partial charge is 0.465 e. The van der Waals surface area contributed by atoms with Gasteiger partial charge in [0.15, 0.2) is 0 Å². The molecule has 0 heterocycles. The molecule has 2 nitrogen and oxygen atoms in total. The van der Waals surface area contributed by atoms with E-state index in [1.807, 2.05) is 6.92 Å². The van der Waals surface area contributed by atoms with Gasteiger partial charge in [0.05, 0.1) is 12.5 Å². The van der Waals surface area contributed by atoms with Crippen LogP contribution in [0.15, 0.2) is 0 Å². The maximum absolute atomic E-state index is 12.1. The van der Waals surface area contributed by atoms with Crippen LogP contribution in [-0.2, 0) is 9.53 Å². The molecule has 2 atom stereocenters. The molecule has 0 saturated carbocycles. The lowest BCUT2D eigenvalue weighted by Crippen LogP contribution is -2.15. The Morgan fingerprint density at radius 2 is 0.968 bits per heavy atom. The molecule has 0 radical (unpaired) electrons. The average Bonchev–Trinajstić information content (AvgIpc) is 2.76. The van der Waals surface area contributed by atoms with Gasteiger partial charge in [-0.3, -0.25) is 4.79 Å². The van der Waals surface area contributed by atoms with Gasteiger partial charge in [-0.1, -0.05) is 150 Å². The first-order valence-electron chi connectivity index (χ1n) is 14.3. The lowest BCUT2D eigenvalue weighted by molar-refractivity contribution is -0.148. The van der Waals surface area contributed by atoms with Gasteiger partial charge < -0.3 is 4.74 Å². The molecule has 0 aliphatic heterocycles. The van der Waals surface area contributed by atoms with Gasteiger partial charge in [0, 0.05) is 0 Å². The summed E-state index contributed by atoms with van der Waals surface area (Å²) in [5.74, 6) is 0.883. The van der Waals surface area contributed by atoms with Crippen LogP contribution in [0.25, 0.3) is 0 Å². The first-order chi connectivity index (χ1) is 15.1. The third-order valence-corrected chi connectivity index (χ3v) is 6.78. The Balaban J connectivity index is 3.36. The number of carbonyl (C=O) groups excluding carboxylic acids is 1. The second kappa shape index (κ2) is 24.1. The fourth-order valence-electron chi connectivity index (χ4n) is 4.39. The lowest BCUT2D eigenvalue weighted by Gasteiger charge is -2.14. The third-order valence-electron chi connectivity index (χ3n) is 6.78. The van der Waals surface area contributed by atoms with E-state index in [-0.39, 0.29) is 11.9 Å². The van der Waals surface area contributed by atoms with E-state index in [2.05, 4.69) is 20.8 Å². The van der Waals surface area contributed by atoms with E-state index in [1.54, 1.807) is 0 Å². The number of carbonyl (C=O) groups is 1. The van der Waals surface area contributed by atoms with E-state index in [4.69, 9.17) is 4.74 Å². The molecule has 0 N–H and O–H groups in total. The van der Waals surface area contributed by atoms with Gasteiger partial charge in [0.2, 0.25) is 0 Å². The lowest BCUT2D eigenvalue weighted by atomic mass is 9.95. The number of rotatable bonds is 24. The molecule has 0 saturated heterocycles. The standard InChI is InChI=1S/C29H58O2/c1-5-7-9-10-11-12-13-14-15-16-17-18-19-21-26-31-29(30)28(4)25-22-24-27(3)23-20-8-6-2/h27-28H,5-26H2,1-4H3. The maximum atomic E-state index is 12.1. The maximum Gasteiger partial charge on any atom is 0.308 e. The monoisotopic (exact) mass is 438 g/mol. The van der Waals surface area contributed by atoms with Crippen molar-refractivity contribution in [1.29, 1.82) is 0 Å². The molecular weight excluding hydrogens is 380 g/mol. The quantitative estimate of drug-likeness (QED) is 0.111. The molecule has 2 heteroatoms. The van der Waals surface area contributed by atoms with Gasteiger partial charge >= 0.3 is 5.97 Å². The van der Waals surface area contributed by atoms with Crippen molar-refractivity contribution in [3.05, 3.63) is 0 Å². The Labute approximate surface area is 196 Å². The first-order valence-corrected chi connectivity index (χ1v) is 14.3. The fraction of sp³-hybridized carbons (Fsp3) is 0.966. The second-order valence-corrected chi connectivity index (χ2v) is 10.2. The second-order valence-electron chi connectivity index (χ2n) is 10.2. The minimum atomic E-state index is 0.0216. The molecule has 0 rings (SSSR count). The van der Waals surface area contributed by atoms with Gasteiger partial charge in [-0.15, -0.1) is 0 Å². The summed E-state index contributed by atoms with van der Waals surface area (Å²) >= 11 is 0. The topological polar surface area (TPSA) is 26.3 Å². The zero-order valence-corrected chi connectivity index (χ0v) is 22.0. The van der Waals surface area contributed by atoms with Gasteiger partial charge in [0.1, 0.15) is 0 Å². The van der Waals surface area contributed by atoms with Crippen LogP contribution in [0.4, 0.5) is 0 Å². The summed E-state index contributed by atoms with van der Waals surface area (Å²) in [4.78, 5) is 12.1. The molecule has 0 aromatic rings. The minimum absolute atomic E-state index is 0.0216. The summed E-state index contributed by atoms with van der Waals surface area (Å²) in [5.41, 5.74) is 0. The predicted octanol–water partition coefficient (Wildman–Crippen LogP) is 10.0. The highest BCUT2D eigenvalue weighted by Gasteiger charge is 2.14. The summed E-state index contributed by atoms with van der Waals surface area (Å²) in [6.07, 6.45) is 27.7. The van der Waals surface area contributed by atoms with E-state index in [0.717, 1.165) is 25.2 Å². The van der Waals surface area contributed by atoms with Crippen molar-refractivity contribution in [1.82, 2.24) is 0 Å². The van der Waals surface area contributed by atoms with E-state index in [0.29, 0.717) is 6.61 Å². The molecule has 2 unspecified atom stereocenters. The zero-order chi connectivity index (χ0) is 23.0. The Morgan fingerprint density at radius 3 is 1.48 bits per heavy atom. The van der Waals surface area contributed by atoms with E-state index in [1.165, 1.54) is 116 Å². The Morgan fingerprint density at radius 1 is 0.548 bits per heavy atom. The van der Waals surface area contributed by atoms with Gasteiger partial charge in [-0.05, 0) is 18.8 Å². The Bertz CT molecular complexity index is 366. The Kier molecular flexibility index (Phi) is 23.7. The number of ether oxygens (including phenoxy) is 1. The minimum Gasteiger partial charge on any atom is -0.465 e. The summed E-state index contributed by atoms with van der Waals surface area (Å²) in [7, 11) is 0. The van der Waals surface area contributed by atoms with Crippen LogP contribution in [0.2, 0.25) is 0 Å². The van der Waals surface area contributed by atoms with Crippen LogP contribution in [0, 0.1) is 11.8 Å². The molecule has 0 aromatic carbocycles. The van der Waals surface area contributed by atoms with E-state index in [9.17, 15) is 4.79 Å². The summed E-state index contributed by atoms with van der Waals surface area (Å²) in [5, 5.41) is 0. The van der Waals surface area contributed by atoms with Crippen LogP contribution in [0.3, 0.4) is 0 Å². The molecule has 0 aliphatic carbocycles. The molecule has 31 heavy (non-hydrogen) atoms. The highest BCUT2D eigenvalue weighted by atomic mass is 16.5.